The van der Waals surface area contributed by atoms with E-state index in [0.29, 0.717) is 18.0 Å². The molecule has 0 unspecified atom stereocenters. The van der Waals surface area contributed by atoms with Crippen LogP contribution < -0.4 is 16.1 Å². The van der Waals surface area contributed by atoms with Crippen LogP contribution in [-0.4, -0.2) is 27.0 Å². The number of aromatic nitrogens is 2. The summed E-state index contributed by atoms with van der Waals surface area (Å²) in [5, 5.41) is 16.2. The first kappa shape index (κ1) is 20.2. The summed E-state index contributed by atoms with van der Waals surface area (Å²) in [6.45, 7) is 0.290. The Morgan fingerprint density at radius 1 is 1.41 bits per heavy atom. The fourth-order valence-corrected chi connectivity index (χ4v) is 4.80. The van der Waals surface area contributed by atoms with E-state index >= 15 is 0 Å². The molecular formula is C18H16Br2N4O4S. The molecule has 4 N–H and O–H groups in total. The van der Waals surface area contributed by atoms with Crippen molar-refractivity contribution in [1.82, 2.24) is 15.3 Å². The van der Waals surface area contributed by atoms with Crippen molar-refractivity contribution in [2.24, 2.45) is 0 Å². The minimum Gasteiger partial charge on any atom is -0.502 e. The third-order valence-electron chi connectivity index (χ3n) is 4.52. The Morgan fingerprint density at radius 2 is 2.24 bits per heavy atom. The smallest absolute Gasteiger partial charge is 0.267 e. The molecule has 1 atom stereocenters. The lowest BCUT2D eigenvalue weighted by Crippen LogP contribution is -2.38. The van der Waals surface area contributed by atoms with E-state index < -0.39 is 11.2 Å². The summed E-state index contributed by atoms with van der Waals surface area (Å²) in [7, 11) is 0. The molecule has 0 aromatic carbocycles. The SMILES string of the molecule is O=C(N[C@H]1CCc2nc(NCc3cc(=O)c(O)co3)sc2C1)c1cc(Br)c(Br)[nH]1. The largest absolute Gasteiger partial charge is 0.502 e. The number of carbonyl (C=O) groups excluding carboxylic acids is 1. The van der Waals surface area contributed by atoms with Crippen LogP contribution in [0.2, 0.25) is 0 Å². The first-order chi connectivity index (χ1) is 13.9. The number of anilines is 1. The normalized spacial score (nSPS) is 15.7. The number of amides is 1. The van der Waals surface area contributed by atoms with Crippen LogP contribution in [0, 0.1) is 0 Å². The molecule has 152 valence electrons. The van der Waals surface area contributed by atoms with Gasteiger partial charge in [0.15, 0.2) is 10.9 Å². The number of H-pyrrole nitrogens is 1. The third kappa shape index (κ3) is 4.57. The zero-order valence-electron chi connectivity index (χ0n) is 14.9. The maximum Gasteiger partial charge on any atom is 0.267 e. The molecule has 0 aliphatic heterocycles. The molecule has 29 heavy (non-hydrogen) atoms. The summed E-state index contributed by atoms with van der Waals surface area (Å²) in [6, 6.07) is 3.03. The van der Waals surface area contributed by atoms with Gasteiger partial charge in [-0.3, -0.25) is 9.59 Å². The van der Waals surface area contributed by atoms with Crippen molar-refractivity contribution in [3.63, 3.8) is 0 Å². The number of rotatable bonds is 5. The zero-order valence-corrected chi connectivity index (χ0v) is 18.9. The molecule has 1 amide bonds. The lowest BCUT2D eigenvalue weighted by atomic mass is 9.97. The molecule has 3 aromatic heterocycles. The highest BCUT2D eigenvalue weighted by Crippen LogP contribution is 2.30. The van der Waals surface area contributed by atoms with Crippen LogP contribution in [0.15, 0.2) is 36.7 Å². The summed E-state index contributed by atoms with van der Waals surface area (Å²) in [4.78, 5) is 32.6. The molecule has 0 fully saturated rings. The molecule has 0 radical (unpaired) electrons. The van der Waals surface area contributed by atoms with Gasteiger partial charge in [0.1, 0.15) is 17.7 Å². The summed E-state index contributed by atoms with van der Waals surface area (Å²) in [5.41, 5.74) is 1.04. The lowest BCUT2D eigenvalue weighted by molar-refractivity contribution is 0.0929. The summed E-state index contributed by atoms with van der Waals surface area (Å²) in [6.07, 6.45) is 3.35. The highest BCUT2D eigenvalue weighted by atomic mass is 79.9. The van der Waals surface area contributed by atoms with Crippen molar-refractivity contribution in [2.75, 3.05) is 5.32 Å². The Hall–Kier alpha value is -2.11. The molecule has 11 heteroatoms. The fraction of sp³-hybridized carbons (Fsp3) is 0.278. The molecule has 3 heterocycles. The van der Waals surface area contributed by atoms with Gasteiger partial charge in [-0.15, -0.1) is 11.3 Å². The van der Waals surface area contributed by atoms with Crippen LogP contribution in [0.1, 0.15) is 33.2 Å². The Labute approximate surface area is 186 Å². The third-order valence-corrected chi connectivity index (χ3v) is 7.39. The van der Waals surface area contributed by atoms with Crippen LogP contribution in [0.4, 0.5) is 5.13 Å². The zero-order chi connectivity index (χ0) is 20.5. The first-order valence-corrected chi connectivity index (χ1v) is 11.2. The summed E-state index contributed by atoms with van der Waals surface area (Å²) in [5.74, 6) is -0.143. The number of thiazole rings is 1. The van der Waals surface area contributed by atoms with Crippen molar-refractivity contribution in [3.8, 4) is 5.75 Å². The summed E-state index contributed by atoms with van der Waals surface area (Å²) >= 11 is 8.23. The fourth-order valence-electron chi connectivity index (χ4n) is 3.06. The maximum atomic E-state index is 12.4. The topological polar surface area (TPSA) is 120 Å². The predicted molar refractivity (Wildman–Crippen MR) is 116 cm³/mol. The highest BCUT2D eigenvalue weighted by Gasteiger charge is 2.25. The molecule has 4 rings (SSSR count). The van der Waals surface area contributed by atoms with Gasteiger partial charge in [0.05, 0.1) is 21.3 Å². The van der Waals surface area contributed by atoms with Gasteiger partial charge in [0, 0.05) is 23.4 Å². The molecule has 0 bridgehead atoms. The van der Waals surface area contributed by atoms with E-state index in [1.165, 1.54) is 17.4 Å². The van der Waals surface area contributed by atoms with Crippen LogP contribution in [0.25, 0.3) is 0 Å². The average Bonchev–Trinajstić information content (AvgIpc) is 3.25. The van der Waals surface area contributed by atoms with Gasteiger partial charge in [-0.1, -0.05) is 0 Å². The standard InChI is InChI=1S/C18H16Br2N4O4S/c19-10-5-12(23-16(10)20)17(27)22-8-1-2-11-15(3-8)29-18(24-11)21-6-9-4-13(25)14(26)7-28-9/h4-5,7-8,23,26H,1-3,6H2,(H,21,24)(H,22,27)/t8-/m0/s1. The van der Waals surface area contributed by atoms with Crippen LogP contribution >= 0.6 is 43.2 Å². The predicted octanol–water partition coefficient (Wildman–Crippen LogP) is 3.55. The molecule has 1 aliphatic carbocycles. The van der Waals surface area contributed by atoms with Gasteiger partial charge in [0.2, 0.25) is 5.43 Å². The Kier molecular flexibility index (Phi) is 5.79. The van der Waals surface area contributed by atoms with Crippen molar-refractivity contribution in [3.05, 3.63) is 59.7 Å². The summed E-state index contributed by atoms with van der Waals surface area (Å²) < 4.78 is 6.72. The number of aromatic amines is 1. The van der Waals surface area contributed by atoms with E-state index in [1.807, 2.05) is 0 Å². The molecule has 0 saturated heterocycles. The van der Waals surface area contributed by atoms with Gasteiger partial charge in [-0.25, -0.2) is 4.98 Å². The Bertz CT molecular complexity index is 1100. The number of hydrogen-bond donors (Lipinski definition) is 4. The number of nitrogens with one attached hydrogen (secondary N) is 3. The van der Waals surface area contributed by atoms with E-state index in [2.05, 4.69) is 52.5 Å². The molecule has 3 aromatic rings. The molecule has 0 saturated carbocycles. The van der Waals surface area contributed by atoms with E-state index in [0.717, 1.165) is 50.3 Å². The van der Waals surface area contributed by atoms with E-state index in [1.54, 1.807) is 6.07 Å². The second kappa shape index (κ2) is 8.33. The lowest BCUT2D eigenvalue weighted by Gasteiger charge is -2.22. The van der Waals surface area contributed by atoms with Crippen LogP contribution in [0.5, 0.6) is 5.75 Å². The monoisotopic (exact) mass is 542 g/mol. The van der Waals surface area contributed by atoms with Crippen LogP contribution in [0.3, 0.4) is 0 Å². The molecule has 0 spiro atoms. The number of hydrogen-bond acceptors (Lipinski definition) is 7. The number of halogens is 2. The number of carbonyl (C=O) groups is 1. The highest BCUT2D eigenvalue weighted by molar-refractivity contribution is 9.13. The van der Waals surface area contributed by atoms with E-state index in [4.69, 9.17) is 4.42 Å². The van der Waals surface area contributed by atoms with Gasteiger partial charge in [0.25, 0.3) is 5.91 Å². The average molecular weight is 544 g/mol. The van der Waals surface area contributed by atoms with Crippen molar-refractivity contribution >= 4 is 54.2 Å². The number of nitrogens with zero attached hydrogens (tertiary/aromatic N) is 1. The second-order valence-corrected chi connectivity index (χ2v) is 9.33. The maximum absolute atomic E-state index is 12.4. The van der Waals surface area contributed by atoms with Gasteiger partial charge >= 0.3 is 0 Å². The molecule has 8 nitrogen and oxygen atoms in total. The number of aryl methyl sites for hydroxylation is 1. The van der Waals surface area contributed by atoms with Crippen LogP contribution in [-0.2, 0) is 19.4 Å². The van der Waals surface area contributed by atoms with Crippen molar-refractivity contribution < 1.29 is 14.3 Å². The first-order valence-electron chi connectivity index (χ1n) is 8.77. The Balaban J connectivity index is 1.37. The minimum atomic E-state index is -0.480. The second-order valence-electron chi connectivity index (χ2n) is 6.60. The number of aromatic hydroxyl groups is 1. The van der Waals surface area contributed by atoms with Gasteiger partial charge in [-0.05, 0) is 50.8 Å². The van der Waals surface area contributed by atoms with Gasteiger partial charge in [-0.2, -0.15) is 0 Å². The molecule has 1 aliphatic rings. The van der Waals surface area contributed by atoms with Crippen molar-refractivity contribution in [2.45, 2.75) is 31.8 Å². The Morgan fingerprint density at radius 3 is 2.97 bits per heavy atom. The minimum absolute atomic E-state index is 0.0410. The number of fused-ring (bicyclic) bond motifs is 1. The van der Waals surface area contributed by atoms with Crippen molar-refractivity contribution in [1.29, 1.82) is 0 Å². The van der Waals surface area contributed by atoms with E-state index in [-0.39, 0.29) is 11.9 Å². The van der Waals surface area contributed by atoms with E-state index in [9.17, 15) is 14.7 Å². The molecular weight excluding hydrogens is 528 g/mol. The van der Waals surface area contributed by atoms with Gasteiger partial charge < -0.3 is 25.1 Å². The quantitative estimate of drug-likeness (QED) is 0.390.